The number of benzene rings is 1. The van der Waals surface area contributed by atoms with Crippen molar-refractivity contribution in [1.29, 1.82) is 0 Å². The third kappa shape index (κ3) is 3.58. The second-order valence-electron chi connectivity index (χ2n) is 5.79. The maximum atomic E-state index is 12.3. The molecule has 2 unspecified atom stereocenters. The minimum atomic E-state index is -0.147. The van der Waals surface area contributed by atoms with Crippen molar-refractivity contribution in [2.75, 3.05) is 5.32 Å². The number of nitrogens with one attached hydrogen (secondary N) is 3. The summed E-state index contributed by atoms with van der Waals surface area (Å²) in [7, 11) is 0. The van der Waals surface area contributed by atoms with Crippen LogP contribution in [0.15, 0.2) is 24.3 Å². The molecule has 1 saturated heterocycles. The normalized spacial score (nSPS) is 22.2. The van der Waals surface area contributed by atoms with Gasteiger partial charge in [-0.2, -0.15) is 0 Å². The molecule has 2 rings (SSSR count). The number of hydrogen-bond acceptors (Lipinski definition) is 3. The van der Waals surface area contributed by atoms with Gasteiger partial charge in [0.1, 0.15) is 6.04 Å². The fourth-order valence-corrected chi connectivity index (χ4v) is 2.67. The summed E-state index contributed by atoms with van der Waals surface area (Å²) >= 11 is 0. The average molecular weight is 275 g/mol. The van der Waals surface area contributed by atoms with Crippen LogP contribution in [-0.2, 0) is 4.79 Å². The van der Waals surface area contributed by atoms with Crippen LogP contribution in [0.25, 0.3) is 0 Å². The minimum Gasteiger partial charge on any atom is -0.324 e. The number of para-hydroxylation sites is 1. The van der Waals surface area contributed by atoms with Crippen LogP contribution in [0.1, 0.15) is 51.5 Å². The van der Waals surface area contributed by atoms with Crippen molar-refractivity contribution in [3.63, 3.8) is 0 Å². The third-order valence-electron chi connectivity index (χ3n) is 3.78. The number of carbonyl (C=O) groups excluding carboxylic acids is 1. The van der Waals surface area contributed by atoms with Crippen LogP contribution >= 0.6 is 0 Å². The molecule has 0 spiro atoms. The van der Waals surface area contributed by atoms with Crippen LogP contribution in [0, 0.1) is 0 Å². The van der Waals surface area contributed by atoms with Crippen LogP contribution in [-0.4, -0.2) is 18.0 Å². The summed E-state index contributed by atoms with van der Waals surface area (Å²) in [5.41, 5.74) is 8.40. The van der Waals surface area contributed by atoms with Crippen molar-refractivity contribution in [2.24, 2.45) is 0 Å². The summed E-state index contributed by atoms with van der Waals surface area (Å²) in [4.78, 5) is 12.3. The molecular formula is C16H25N3O. The third-order valence-corrected chi connectivity index (χ3v) is 3.78. The molecule has 1 fully saturated rings. The lowest BCUT2D eigenvalue weighted by Gasteiger charge is -2.16. The Balaban J connectivity index is 1.99. The Morgan fingerprint density at radius 2 is 2.10 bits per heavy atom. The van der Waals surface area contributed by atoms with Gasteiger partial charge in [-0.3, -0.25) is 10.2 Å². The molecule has 1 amide bonds. The Bertz CT molecular complexity index is 459. The molecule has 4 nitrogen and oxygen atoms in total. The van der Waals surface area contributed by atoms with E-state index in [0.29, 0.717) is 12.0 Å². The Hall–Kier alpha value is -1.39. The van der Waals surface area contributed by atoms with Crippen LogP contribution in [0.4, 0.5) is 5.69 Å². The lowest BCUT2D eigenvalue weighted by molar-refractivity contribution is -0.117. The molecule has 1 aliphatic heterocycles. The van der Waals surface area contributed by atoms with E-state index in [1.807, 2.05) is 18.2 Å². The average Bonchev–Trinajstić information content (AvgIpc) is 2.88. The predicted octanol–water partition coefficient (Wildman–Crippen LogP) is 2.78. The molecule has 1 aromatic rings. The van der Waals surface area contributed by atoms with Crippen LogP contribution in [0.3, 0.4) is 0 Å². The molecule has 3 N–H and O–H groups in total. The van der Waals surface area contributed by atoms with E-state index in [0.717, 1.165) is 24.9 Å². The van der Waals surface area contributed by atoms with Crippen LogP contribution < -0.4 is 16.2 Å². The summed E-state index contributed by atoms with van der Waals surface area (Å²) in [6.07, 6.45) is 3.08. The van der Waals surface area contributed by atoms with Crippen molar-refractivity contribution in [3.8, 4) is 0 Å². The highest BCUT2D eigenvalue weighted by Gasteiger charge is 2.28. The van der Waals surface area contributed by atoms with Gasteiger partial charge in [0, 0.05) is 11.7 Å². The van der Waals surface area contributed by atoms with E-state index in [1.54, 1.807) is 0 Å². The first-order valence-electron chi connectivity index (χ1n) is 7.52. The number of amides is 1. The maximum Gasteiger partial charge on any atom is 0.242 e. The second kappa shape index (κ2) is 6.86. The van der Waals surface area contributed by atoms with Crippen molar-refractivity contribution in [2.45, 2.75) is 58.0 Å². The van der Waals surface area contributed by atoms with Gasteiger partial charge in [-0.15, -0.1) is 0 Å². The summed E-state index contributed by atoms with van der Waals surface area (Å²) in [6, 6.07) is 8.27. The number of rotatable bonds is 5. The molecule has 1 aromatic carbocycles. The van der Waals surface area contributed by atoms with Gasteiger partial charge in [0.05, 0.1) is 0 Å². The zero-order valence-electron chi connectivity index (χ0n) is 12.6. The molecule has 1 aliphatic rings. The lowest BCUT2D eigenvalue weighted by atomic mass is 10.0. The molecule has 4 heteroatoms. The summed E-state index contributed by atoms with van der Waals surface area (Å²) in [5.74, 6) is 0.443. The van der Waals surface area contributed by atoms with Crippen molar-refractivity contribution in [3.05, 3.63) is 29.8 Å². The summed E-state index contributed by atoms with van der Waals surface area (Å²) < 4.78 is 0. The highest BCUT2D eigenvalue weighted by molar-refractivity contribution is 5.95. The zero-order valence-corrected chi connectivity index (χ0v) is 12.6. The summed E-state index contributed by atoms with van der Waals surface area (Å²) in [6.45, 7) is 6.43. The molecule has 0 aliphatic carbocycles. The van der Waals surface area contributed by atoms with Gasteiger partial charge in [0.2, 0.25) is 5.91 Å². The first-order valence-corrected chi connectivity index (χ1v) is 7.52. The van der Waals surface area contributed by atoms with Gasteiger partial charge in [-0.1, -0.05) is 45.4 Å². The summed E-state index contributed by atoms with van der Waals surface area (Å²) in [5, 5.41) is 3.06. The fourth-order valence-electron chi connectivity index (χ4n) is 2.67. The first-order chi connectivity index (χ1) is 9.61. The number of anilines is 1. The molecule has 110 valence electrons. The molecule has 20 heavy (non-hydrogen) atoms. The predicted molar refractivity (Wildman–Crippen MR) is 82.5 cm³/mol. The van der Waals surface area contributed by atoms with Crippen molar-refractivity contribution >= 4 is 11.6 Å². The van der Waals surface area contributed by atoms with Gasteiger partial charge in [0.15, 0.2) is 0 Å². The topological polar surface area (TPSA) is 53.2 Å². The van der Waals surface area contributed by atoms with E-state index in [-0.39, 0.29) is 11.9 Å². The van der Waals surface area contributed by atoms with E-state index in [1.165, 1.54) is 5.56 Å². The highest BCUT2D eigenvalue weighted by atomic mass is 16.2. The maximum absolute atomic E-state index is 12.3. The lowest BCUT2D eigenvalue weighted by Crippen LogP contribution is -2.40. The van der Waals surface area contributed by atoms with E-state index in [4.69, 9.17) is 0 Å². The van der Waals surface area contributed by atoms with Crippen LogP contribution in [0.2, 0.25) is 0 Å². The minimum absolute atomic E-state index is 0.0456. The Morgan fingerprint density at radius 3 is 2.80 bits per heavy atom. The number of carbonyl (C=O) groups is 1. The SMILES string of the molecule is CCCC1CC(C(=O)Nc2ccccc2C(C)C)NN1. The van der Waals surface area contributed by atoms with E-state index < -0.39 is 0 Å². The fraction of sp³-hybridized carbons (Fsp3) is 0.562. The Kier molecular flexibility index (Phi) is 5.15. The second-order valence-corrected chi connectivity index (χ2v) is 5.79. The number of hydrazine groups is 1. The smallest absolute Gasteiger partial charge is 0.242 e. The highest BCUT2D eigenvalue weighted by Crippen LogP contribution is 2.24. The van der Waals surface area contributed by atoms with Crippen LogP contribution in [0.5, 0.6) is 0 Å². The van der Waals surface area contributed by atoms with E-state index in [9.17, 15) is 4.79 Å². The largest absolute Gasteiger partial charge is 0.324 e. The molecule has 0 aromatic heterocycles. The van der Waals surface area contributed by atoms with Gasteiger partial charge in [0.25, 0.3) is 0 Å². The quantitative estimate of drug-likeness (QED) is 0.774. The van der Waals surface area contributed by atoms with Crippen molar-refractivity contribution < 1.29 is 4.79 Å². The Morgan fingerprint density at radius 1 is 1.35 bits per heavy atom. The van der Waals surface area contributed by atoms with Gasteiger partial charge >= 0.3 is 0 Å². The molecular weight excluding hydrogens is 250 g/mol. The molecule has 0 radical (unpaired) electrons. The zero-order chi connectivity index (χ0) is 14.5. The van der Waals surface area contributed by atoms with E-state index >= 15 is 0 Å². The standard InChI is InChI=1S/C16H25N3O/c1-4-7-12-10-15(19-18-12)16(20)17-14-9-6-5-8-13(14)11(2)3/h5-6,8-9,11-12,15,18-19H,4,7,10H2,1-3H3,(H,17,20). The molecule has 2 atom stereocenters. The van der Waals surface area contributed by atoms with Gasteiger partial charge in [-0.25, -0.2) is 5.43 Å². The van der Waals surface area contributed by atoms with E-state index in [2.05, 4.69) is 43.0 Å². The van der Waals surface area contributed by atoms with Gasteiger partial charge < -0.3 is 5.32 Å². The Labute approximate surface area is 121 Å². The monoisotopic (exact) mass is 275 g/mol. The first kappa shape index (κ1) is 15.0. The number of hydrogen-bond donors (Lipinski definition) is 3. The molecule has 0 bridgehead atoms. The molecule has 1 heterocycles. The molecule has 0 saturated carbocycles. The van der Waals surface area contributed by atoms with Gasteiger partial charge in [-0.05, 0) is 30.4 Å². The van der Waals surface area contributed by atoms with Crippen molar-refractivity contribution in [1.82, 2.24) is 10.9 Å².